The molecule has 1 aromatic heterocycles. The van der Waals surface area contributed by atoms with Crippen molar-refractivity contribution in [2.75, 3.05) is 26.2 Å². The number of ketones is 1. The summed E-state index contributed by atoms with van der Waals surface area (Å²) in [4.78, 5) is 35.1. The van der Waals surface area contributed by atoms with E-state index >= 15 is 0 Å². The zero-order valence-corrected chi connectivity index (χ0v) is 19.9. The molecule has 0 saturated heterocycles. The first-order valence-corrected chi connectivity index (χ1v) is 11.7. The van der Waals surface area contributed by atoms with Crippen LogP contribution in [-0.2, 0) is 4.79 Å². The Bertz CT molecular complexity index is 1010. The molecule has 166 valence electrons. The van der Waals surface area contributed by atoms with Crippen LogP contribution in [0.3, 0.4) is 0 Å². The maximum Gasteiger partial charge on any atom is 0.290 e. The highest BCUT2D eigenvalue weighted by Gasteiger charge is 2.44. The number of carbonyl (C=O) groups is 2. The van der Waals surface area contributed by atoms with Crippen LogP contribution in [0.1, 0.15) is 52.2 Å². The van der Waals surface area contributed by atoms with E-state index < -0.39 is 17.7 Å². The number of aliphatic hydroxyl groups excluding tert-OH is 1. The van der Waals surface area contributed by atoms with Crippen molar-refractivity contribution < 1.29 is 14.7 Å². The van der Waals surface area contributed by atoms with Crippen molar-refractivity contribution in [3.8, 4) is 0 Å². The summed E-state index contributed by atoms with van der Waals surface area (Å²) < 4.78 is 0. The van der Waals surface area contributed by atoms with Gasteiger partial charge in [-0.25, -0.2) is 4.98 Å². The van der Waals surface area contributed by atoms with Crippen molar-refractivity contribution in [2.24, 2.45) is 0 Å². The van der Waals surface area contributed by atoms with Gasteiger partial charge >= 0.3 is 0 Å². The summed E-state index contributed by atoms with van der Waals surface area (Å²) in [5.74, 6) is -1.36. The van der Waals surface area contributed by atoms with Crippen molar-refractivity contribution >= 4 is 34.6 Å². The zero-order valence-electron chi connectivity index (χ0n) is 18.3. The minimum Gasteiger partial charge on any atom is -0.503 e. The highest BCUT2D eigenvalue weighted by molar-refractivity contribution is 7.14. The SMILES string of the molecule is CCN(CC)CCCN1C(=O)C(O)=C(C(=O)c2sc(C)nc2C)[C@@H]1c1cccc(Cl)c1. The van der Waals surface area contributed by atoms with E-state index in [4.69, 9.17) is 11.6 Å². The lowest BCUT2D eigenvalue weighted by molar-refractivity contribution is -0.129. The van der Waals surface area contributed by atoms with E-state index in [1.165, 1.54) is 11.3 Å². The first kappa shape index (κ1) is 23.4. The van der Waals surface area contributed by atoms with Gasteiger partial charge in [0.2, 0.25) is 5.78 Å². The molecule has 2 aromatic rings. The topological polar surface area (TPSA) is 73.7 Å². The number of carbonyl (C=O) groups excluding carboxylic acids is 2. The molecule has 1 aliphatic rings. The van der Waals surface area contributed by atoms with E-state index in [1.807, 2.05) is 13.0 Å². The summed E-state index contributed by atoms with van der Waals surface area (Å²) in [6.07, 6.45) is 0.734. The third-order valence-corrected chi connectivity index (χ3v) is 6.90. The minimum absolute atomic E-state index is 0.0989. The summed E-state index contributed by atoms with van der Waals surface area (Å²) in [7, 11) is 0. The average molecular weight is 462 g/mol. The predicted octanol–water partition coefficient (Wildman–Crippen LogP) is 4.72. The molecular weight excluding hydrogens is 434 g/mol. The first-order valence-electron chi connectivity index (χ1n) is 10.5. The van der Waals surface area contributed by atoms with Gasteiger partial charge in [0, 0.05) is 11.6 Å². The molecule has 0 fully saturated rings. The van der Waals surface area contributed by atoms with E-state index in [2.05, 4.69) is 23.7 Å². The van der Waals surface area contributed by atoms with Gasteiger partial charge in [-0.15, -0.1) is 11.3 Å². The van der Waals surface area contributed by atoms with Crippen LogP contribution in [0.5, 0.6) is 0 Å². The maximum absolute atomic E-state index is 13.5. The number of aromatic nitrogens is 1. The van der Waals surface area contributed by atoms with Gasteiger partial charge in [0.15, 0.2) is 5.76 Å². The highest BCUT2D eigenvalue weighted by atomic mass is 35.5. The van der Waals surface area contributed by atoms with Crippen molar-refractivity contribution in [1.29, 1.82) is 0 Å². The molecule has 8 heteroatoms. The highest BCUT2D eigenvalue weighted by Crippen LogP contribution is 2.40. The van der Waals surface area contributed by atoms with Crippen molar-refractivity contribution in [1.82, 2.24) is 14.8 Å². The fourth-order valence-electron chi connectivity index (χ4n) is 4.01. The lowest BCUT2D eigenvalue weighted by Gasteiger charge is -2.28. The summed E-state index contributed by atoms with van der Waals surface area (Å²) in [6.45, 7) is 10.9. The Hall–Kier alpha value is -2.22. The van der Waals surface area contributed by atoms with Crippen molar-refractivity contribution in [3.05, 3.63) is 61.8 Å². The average Bonchev–Trinajstić information content (AvgIpc) is 3.21. The molecule has 0 radical (unpaired) electrons. The molecule has 0 unspecified atom stereocenters. The number of benzene rings is 1. The van der Waals surface area contributed by atoms with Gasteiger partial charge in [-0.3, -0.25) is 9.59 Å². The van der Waals surface area contributed by atoms with Gasteiger partial charge in [-0.1, -0.05) is 37.6 Å². The molecule has 2 heterocycles. The number of amides is 1. The second kappa shape index (κ2) is 9.94. The standard InChI is InChI=1S/C23H28ClN3O3S/c1-5-26(6-2)11-8-12-27-19(16-9-7-10-17(24)13-16)18(21(29)23(27)30)20(28)22-14(3)25-15(4)31-22/h7,9-10,13,19,29H,5-6,8,11-12H2,1-4H3/t19-/m0/s1. The fourth-order valence-corrected chi connectivity index (χ4v) is 5.08. The quantitative estimate of drug-likeness (QED) is 0.547. The molecule has 1 atom stereocenters. The molecule has 0 bridgehead atoms. The number of halogens is 1. The van der Waals surface area contributed by atoms with Crippen LogP contribution in [0, 0.1) is 13.8 Å². The normalized spacial score (nSPS) is 16.6. The Morgan fingerprint density at radius 1 is 1.29 bits per heavy atom. The fraction of sp³-hybridized carbons (Fsp3) is 0.435. The monoisotopic (exact) mass is 461 g/mol. The number of aliphatic hydroxyl groups is 1. The molecule has 0 spiro atoms. The Balaban J connectivity index is 1.98. The van der Waals surface area contributed by atoms with E-state index in [1.54, 1.807) is 30.0 Å². The molecule has 31 heavy (non-hydrogen) atoms. The van der Waals surface area contributed by atoms with Gasteiger partial charge in [-0.05, 0) is 57.6 Å². The molecule has 1 aromatic carbocycles. The molecule has 0 aliphatic carbocycles. The zero-order chi connectivity index (χ0) is 22.7. The van der Waals surface area contributed by atoms with Crippen molar-refractivity contribution in [3.63, 3.8) is 0 Å². The van der Waals surface area contributed by atoms with Crippen LogP contribution in [0.15, 0.2) is 35.6 Å². The Kier molecular flexibility index (Phi) is 7.51. The number of Topliss-reactive ketones (excluding diaryl/α,β-unsaturated/α-hetero) is 1. The lowest BCUT2D eigenvalue weighted by Crippen LogP contribution is -2.34. The number of aryl methyl sites for hydroxylation is 2. The summed E-state index contributed by atoms with van der Waals surface area (Å²) in [6, 6.07) is 6.42. The van der Waals surface area contributed by atoms with Crippen LogP contribution in [-0.4, -0.2) is 57.8 Å². The third-order valence-electron chi connectivity index (χ3n) is 5.59. The second-order valence-electron chi connectivity index (χ2n) is 7.58. The van der Waals surface area contributed by atoms with Crippen LogP contribution < -0.4 is 0 Å². The molecular formula is C23H28ClN3O3S. The van der Waals surface area contributed by atoms with E-state index in [9.17, 15) is 14.7 Å². The molecule has 1 amide bonds. The summed E-state index contributed by atoms with van der Waals surface area (Å²) >= 11 is 7.49. The Morgan fingerprint density at radius 2 is 2.00 bits per heavy atom. The molecule has 6 nitrogen and oxygen atoms in total. The Labute approximate surface area is 192 Å². The van der Waals surface area contributed by atoms with Gasteiger partial charge in [0.1, 0.15) is 0 Å². The maximum atomic E-state index is 13.5. The van der Waals surface area contributed by atoms with E-state index in [0.717, 1.165) is 31.1 Å². The number of hydrogen-bond donors (Lipinski definition) is 1. The Morgan fingerprint density at radius 3 is 2.58 bits per heavy atom. The van der Waals surface area contributed by atoms with Crippen LogP contribution in [0.2, 0.25) is 5.02 Å². The minimum atomic E-state index is -0.683. The van der Waals surface area contributed by atoms with E-state index in [-0.39, 0.29) is 11.4 Å². The lowest BCUT2D eigenvalue weighted by atomic mass is 9.95. The smallest absolute Gasteiger partial charge is 0.290 e. The van der Waals surface area contributed by atoms with Gasteiger partial charge in [0.25, 0.3) is 5.91 Å². The second-order valence-corrected chi connectivity index (χ2v) is 9.21. The summed E-state index contributed by atoms with van der Waals surface area (Å²) in [5.41, 5.74) is 1.40. The van der Waals surface area contributed by atoms with Crippen LogP contribution >= 0.6 is 22.9 Å². The third kappa shape index (κ3) is 4.84. The van der Waals surface area contributed by atoms with Gasteiger partial charge in [0.05, 0.1) is 27.2 Å². The largest absolute Gasteiger partial charge is 0.503 e. The molecule has 1 N–H and O–H groups in total. The molecule has 3 rings (SSSR count). The molecule has 0 saturated carbocycles. The molecule has 1 aliphatic heterocycles. The van der Waals surface area contributed by atoms with Gasteiger partial charge < -0.3 is 14.9 Å². The van der Waals surface area contributed by atoms with Crippen LogP contribution in [0.4, 0.5) is 0 Å². The number of nitrogens with zero attached hydrogens (tertiary/aromatic N) is 3. The number of thiazole rings is 1. The number of hydrogen-bond acceptors (Lipinski definition) is 6. The predicted molar refractivity (Wildman–Crippen MR) is 124 cm³/mol. The van der Waals surface area contributed by atoms with Crippen molar-refractivity contribution in [2.45, 2.75) is 40.2 Å². The van der Waals surface area contributed by atoms with Crippen LogP contribution in [0.25, 0.3) is 0 Å². The number of rotatable bonds is 9. The van der Waals surface area contributed by atoms with Gasteiger partial charge in [-0.2, -0.15) is 0 Å². The van der Waals surface area contributed by atoms with E-state index in [0.29, 0.717) is 27.7 Å². The first-order chi connectivity index (χ1) is 14.8. The summed E-state index contributed by atoms with van der Waals surface area (Å²) in [5, 5.41) is 12.0.